The van der Waals surface area contributed by atoms with Crippen molar-refractivity contribution in [1.82, 2.24) is 24.6 Å². The van der Waals surface area contributed by atoms with Crippen LogP contribution in [0.1, 0.15) is 29.0 Å². The van der Waals surface area contributed by atoms with Gasteiger partial charge in [0.05, 0.1) is 18.4 Å². The molecule has 9 heteroatoms. The van der Waals surface area contributed by atoms with E-state index in [1.165, 1.54) is 11.6 Å². The van der Waals surface area contributed by atoms with E-state index in [0.29, 0.717) is 25.5 Å². The Morgan fingerprint density at radius 3 is 2.86 bits per heavy atom. The molecule has 5 heterocycles. The second-order valence-corrected chi connectivity index (χ2v) is 10.2. The van der Waals surface area contributed by atoms with Crippen LogP contribution in [0.3, 0.4) is 0 Å². The summed E-state index contributed by atoms with van der Waals surface area (Å²) in [4.78, 5) is 20.2. The Balaban J connectivity index is 1.18. The molecule has 6 rings (SSSR count). The Bertz CT molecular complexity index is 1360. The molecule has 1 N–H and O–H groups in total. The van der Waals surface area contributed by atoms with Crippen molar-refractivity contribution in [3.05, 3.63) is 66.1 Å². The first kappa shape index (κ1) is 23.7. The molecule has 2 aromatic heterocycles. The van der Waals surface area contributed by atoms with Crippen molar-refractivity contribution >= 4 is 17.4 Å². The number of aromatic nitrogens is 3. The number of anilines is 2. The van der Waals surface area contributed by atoms with Gasteiger partial charge >= 0.3 is 0 Å². The largest absolute Gasteiger partial charge is 0.486 e. The second kappa shape index (κ2) is 9.30. The summed E-state index contributed by atoms with van der Waals surface area (Å²) in [7, 11) is 1.90. The van der Waals surface area contributed by atoms with Crippen molar-refractivity contribution in [3.63, 3.8) is 0 Å². The van der Waals surface area contributed by atoms with Gasteiger partial charge in [0.2, 0.25) is 5.91 Å². The Morgan fingerprint density at radius 1 is 1.30 bits per heavy atom. The number of likely N-dealkylation sites (tertiary alicyclic amines) is 2. The van der Waals surface area contributed by atoms with E-state index in [2.05, 4.69) is 45.9 Å². The molecule has 192 valence electrons. The molecule has 1 aromatic carbocycles. The van der Waals surface area contributed by atoms with E-state index >= 15 is 0 Å². The predicted molar refractivity (Wildman–Crippen MR) is 140 cm³/mol. The van der Waals surface area contributed by atoms with Crippen molar-refractivity contribution < 1.29 is 13.9 Å². The van der Waals surface area contributed by atoms with Gasteiger partial charge < -0.3 is 15.0 Å². The number of rotatable bonds is 4. The van der Waals surface area contributed by atoms with E-state index in [4.69, 9.17) is 4.74 Å². The summed E-state index contributed by atoms with van der Waals surface area (Å²) in [5, 5.41) is 7.84. The summed E-state index contributed by atoms with van der Waals surface area (Å²) in [6.45, 7) is 8.32. The van der Waals surface area contributed by atoms with Crippen LogP contribution >= 0.6 is 0 Å². The van der Waals surface area contributed by atoms with Crippen molar-refractivity contribution in [2.24, 2.45) is 7.05 Å². The molecule has 2 saturated heterocycles. The van der Waals surface area contributed by atoms with Crippen LogP contribution in [0.4, 0.5) is 15.9 Å². The molecule has 1 amide bonds. The Kier molecular flexibility index (Phi) is 5.95. The Labute approximate surface area is 215 Å². The van der Waals surface area contributed by atoms with Crippen molar-refractivity contribution in [2.75, 3.05) is 31.5 Å². The maximum Gasteiger partial charge on any atom is 0.246 e. The van der Waals surface area contributed by atoms with Gasteiger partial charge in [0.25, 0.3) is 0 Å². The normalized spacial score (nSPS) is 21.6. The third-order valence-electron chi connectivity index (χ3n) is 7.83. The quantitative estimate of drug-likeness (QED) is 0.545. The minimum atomic E-state index is -1.04. The topological polar surface area (TPSA) is 75.5 Å². The minimum absolute atomic E-state index is 0.142. The molecule has 2 fully saturated rings. The van der Waals surface area contributed by atoms with Crippen LogP contribution in [0.25, 0.3) is 11.1 Å². The molecule has 0 bridgehead atoms. The van der Waals surface area contributed by atoms with Gasteiger partial charge in [0.1, 0.15) is 24.3 Å². The third-order valence-corrected chi connectivity index (χ3v) is 7.83. The zero-order valence-electron chi connectivity index (χ0n) is 21.2. The lowest BCUT2D eigenvalue weighted by Crippen LogP contribution is -2.59. The van der Waals surface area contributed by atoms with Gasteiger partial charge in [0, 0.05) is 62.2 Å². The molecule has 3 aliphatic heterocycles. The molecule has 0 saturated carbocycles. The van der Waals surface area contributed by atoms with Crippen LogP contribution in [-0.4, -0.2) is 68.9 Å². The van der Waals surface area contributed by atoms with Crippen LogP contribution in [0.2, 0.25) is 0 Å². The second-order valence-electron chi connectivity index (χ2n) is 10.2. The van der Waals surface area contributed by atoms with Crippen LogP contribution in [0, 0.1) is 6.92 Å². The van der Waals surface area contributed by atoms with E-state index < -0.39 is 6.17 Å². The van der Waals surface area contributed by atoms with E-state index in [1.807, 2.05) is 25.5 Å². The number of alkyl halides is 1. The summed E-state index contributed by atoms with van der Waals surface area (Å²) < 4.78 is 23.0. The number of halogens is 1. The first-order chi connectivity index (χ1) is 17.9. The van der Waals surface area contributed by atoms with Gasteiger partial charge in [-0.1, -0.05) is 12.6 Å². The summed E-state index contributed by atoms with van der Waals surface area (Å²) in [6.07, 6.45) is 6.51. The zero-order chi connectivity index (χ0) is 25.7. The highest BCUT2D eigenvalue weighted by Gasteiger charge is 2.41. The highest BCUT2D eigenvalue weighted by atomic mass is 19.1. The van der Waals surface area contributed by atoms with Crippen LogP contribution in [0.15, 0.2) is 49.4 Å². The number of aryl methyl sites for hydroxylation is 2. The fourth-order valence-electron chi connectivity index (χ4n) is 5.80. The summed E-state index contributed by atoms with van der Waals surface area (Å²) in [5.41, 5.74) is 6.25. The Hall–Kier alpha value is -3.72. The molecule has 8 nitrogen and oxygen atoms in total. The number of hydrogen-bond donors (Lipinski definition) is 1. The number of piperidine rings is 1. The number of nitrogens with zero attached hydrogens (tertiary/aromatic N) is 5. The first-order valence-electron chi connectivity index (χ1n) is 12.7. The number of hydrogen-bond acceptors (Lipinski definition) is 6. The Morgan fingerprint density at radius 2 is 2.14 bits per heavy atom. The van der Waals surface area contributed by atoms with Crippen LogP contribution in [0.5, 0.6) is 5.75 Å². The van der Waals surface area contributed by atoms with Crippen LogP contribution < -0.4 is 10.1 Å². The number of fused-ring (bicyclic) bond motifs is 2. The number of benzene rings is 1. The molecule has 0 spiro atoms. The molecular weight excluding hydrogens is 471 g/mol. The maximum absolute atomic E-state index is 14.9. The molecule has 3 aromatic rings. The molecule has 37 heavy (non-hydrogen) atoms. The monoisotopic (exact) mass is 502 g/mol. The predicted octanol–water partition coefficient (Wildman–Crippen LogP) is 3.95. The van der Waals surface area contributed by atoms with Gasteiger partial charge in [-0.3, -0.25) is 14.4 Å². The van der Waals surface area contributed by atoms with Crippen molar-refractivity contribution in [2.45, 2.75) is 38.1 Å². The van der Waals surface area contributed by atoms with E-state index in [9.17, 15) is 9.18 Å². The first-order valence-corrected chi connectivity index (χ1v) is 12.7. The molecule has 2 atom stereocenters. The SMILES string of the molecule is C=CC(=O)N1CC[C@@H](N2CC(c3cc(C)c4c(c3)Nc3nccc(-c5cnn(C)c5)c3CO4)C2)[C@@H](F)C1. The smallest absolute Gasteiger partial charge is 0.246 e. The third kappa shape index (κ3) is 4.27. The number of ether oxygens (including phenoxy) is 1. The lowest BCUT2D eigenvalue weighted by molar-refractivity contribution is -0.130. The van der Waals surface area contributed by atoms with Crippen molar-refractivity contribution in [1.29, 1.82) is 0 Å². The molecule has 3 aliphatic rings. The van der Waals surface area contributed by atoms with Gasteiger partial charge in [-0.05, 0) is 48.2 Å². The molecular formula is C28H31FN6O2. The van der Waals surface area contributed by atoms with E-state index in [-0.39, 0.29) is 18.5 Å². The maximum atomic E-state index is 14.9. The summed E-state index contributed by atoms with van der Waals surface area (Å²) in [5.74, 6) is 1.75. The van der Waals surface area contributed by atoms with Crippen LogP contribution in [-0.2, 0) is 18.4 Å². The fraction of sp³-hybridized carbons (Fsp3) is 0.393. The summed E-state index contributed by atoms with van der Waals surface area (Å²) >= 11 is 0. The van der Waals surface area contributed by atoms with Gasteiger partial charge in [0.15, 0.2) is 0 Å². The van der Waals surface area contributed by atoms with Gasteiger partial charge in [-0.15, -0.1) is 0 Å². The van der Waals surface area contributed by atoms with E-state index in [1.54, 1.807) is 15.8 Å². The number of carbonyl (C=O) groups is 1. The average molecular weight is 503 g/mol. The van der Waals surface area contributed by atoms with Gasteiger partial charge in [-0.25, -0.2) is 9.37 Å². The lowest BCUT2D eigenvalue weighted by atomic mass is 9.86. The number of amides is 1. The lowest BCUT2D eigenvalue weighted by Gasteiger charge is -2.48. The minimum Gasteiger partial charge on any atom is -0.486 e. The number of nitrogens with one attached hydrogen (secondary N) is 1. The highest BCUT2D eigenvalue weighted by Crippen LogP contribution is 2.42. The molecule has 0 unspecified atom stereocenters. The fourth-order valence-corrected chi connectivity index (χ4v) is 5.80. The average Bonchev–Trinajstić information content (AvgIpc) is 3.19. The van der Waals surface area contributed by atoms with Gasteiger partial charge in [-0.2, -0.15) is 5.10 Å². The zero-order valence-corrected chi connectivity index (χ0v) is 21.2. The standard InChI is InChI=1S/C28H31FN6O2/c1-4-26(36)34-8-6-25(23(29)15-34)35-13-20(14-35)18-9-17(2)27-24(10-18)32-28-22(16-37-27)21(5-7-30-28)19-11-31-33(3)12-19/h4-5,7,9-12,20,23,25H,1,6,8,13-16H2,2-3H3,(H,30,32)/t23-,25+/m0/s1. The number of carbonyl (C=O) groups excluding carboxylic acids is 1. The van der Waals surface area contributed by atoms with Crippen molar-refractivity contribution in [3.8, 4) is 16.9 Å². The van der Waals surface area contributed by atoms with E-state index in [0.717, 1.165) is 52.6 Å². The number of pyridine rings is 1. The molecule has 0 radical (unpaired) electrons. The molecule has 0 aliphatic carbocycles. The summed E-state index contributed by atoms with van der Waals surface area (Å²) in [6, 6.07) is 6.19. The highest BCUT2D eigenvalue weighted by molar-refractivity contribution is 5.87.